The predicted molar refractivity (Wildman–Crippen MR) is 64.9 cm³/mol. The summed E-state index contributed by atoms with van der Waals surface area (Å²) in [5.74, 6) is -0.891. The average molecular weight is 272 g/mol. The number of carbonyl (C=O) groups is 2. The first kappa shape index (κ1) is 13.1. The maximum atomic E-state index is 12.0. The molecule has 2 aliphatic carbocycles. The number of carbonyl (C=O) groups excluding carboxylic acids is 2. The van der Waals surface area contributed by atoms with Crippen LogP contribution in [0.4, 0.5) is 0 Å². The summed E-state index contributed by atoms with van der Waals surface area (Å²) >= 11 is 0. The quantitative estimate of drug-likeness (QED) is 0.512. The first-order valence-corrected chi connectivity index (χ1v) is 7.20. The van der Waals surface area contributed by atoms with Crippen LogP contribution in [0.2, 0.25) is 0 Å². The van der Waals surface area contributed by atoms with Crippen LogP contribution in [0.3, 0.4) is 0 Å². The van der Waals surface area contributed by atoms with Crippen molar-refractivity contribution in [2.45, 2.75) is 36.5 Å². The van der Waals surface area contributed by atoms with E-state index in [4.69, 9.17) is 0 Å². The minimum absolute atomic E-state index is 0.218. The lowest BCUT2D eigenvalue weighted by molar-refractivity contribution is -0.125. The molecule has 2 saturated carbocycles. The molecule has 7 heteroatoms. The van der Waals surface area contributed by atoms with Gasteiger partial charge >= 0.3 is 0 Å². The van der Waals surface area contributed by atoms with Crippen molar-refractivity contribution in [1.29, 1.82) is 0 Å². The summed E-state index contributed by atoms with van der Waals surface area (Å²) < 4.78 is 25.1. The Morgan fingerprint density at radius 2 is 2.06 bits per heavy atom. The Morgan fingerprint density at radius 3 is 2.44 bits per heavy atom. The second-order valence-corrected chi connectivity index (χ2v) is 7.36. The van der Waals surface area contributed by atoms with E-state index in [9.17, 15) is 18.0 Å². The smallest absolute Gasteiger partial charge is 0.259 e. The third-order valence-electron chi connectivity index (χ3n) is 3.85. The van der Waals surface area contributed by atoms with Gasteiger partial charge in [-0.2, -0.15) is 0 Å². The van der Waals surface area contributed by atoms with Crippen LogP contribution in [0.15, 0.2) is 12.7 Å². The predicted octanol–water partition coefficient (Wildman–Crippen LogP) is -0.324. The summed E-state index contributed by atoms with van der Waals surface area (Å²) in [6.45, 7) is 5.15. The van der Waals surface area contributed by atoms with Gasteiger partial charge < -0.3 is 5.32 Å². The van der Waals surface area contributed by atoms with Crippen molar-refractivity contribution in [2.75, 3.05) is 0 Å². The van der Waals surface area contributed by atoms with Gasteiger partial charge in [-0.1, -0.05) is 6.08 Å². The summed E-state index contributed by atoms with van der Waals surface area (Å²) in [4.78, 5) is 22.5. The number of nitrogens with one attached hydrogen (secondary N) is 2. The molecule has 2 rings (SSSR count). The molecule has 0 heterocycles. The van der Waals surface area contributed by atoms with Crippen LogP contribution in [-0.2, 0) is 19.6 Å². The van der Waals surface area contributed by atoms with E-state index in [2.05, 4.69) is 16.6 Å². The highest BCUT2D eigenvalue weighted by molar-refractivity contribution is 7.91. The number of hydrogen-bond acceptors (Lipinski definition) is 4. The molecule has 2 unspecified atom stereocenters. The van der Waals surface area contributed by atoms with Crippen molar-refractivity contribution < 1.29 is 18.0 Å². The number of amides is 2. The molecule has 0 aromatic heterocycles. The summed E-state index contributed by atoms with van der Waals surface area (Å²) in [6.07, 6.45) is 3.44. The van der Waals surface area contributed by atoms with Crippen LogP contribution in [0.25, 0.3) is 0 Å². The van der Waals surface area contributed by atoms with Crippen molar-refractivity contribution in [3.63, 3.8) is 0 Å². The lowest BCUT2D eigenvalue weighted by Crippen LogP contribution is -2.51. The van der Waals surface area contributed by atoms with Gasteiger partial charge in [0, 0.05) is 5.92 Å². The Hall–Kier alpha value is -1.37. The second kappa shape index (κ2) is 3.81. The summed E-state index contributed by atoms with van der Waals surface area (Å²) in [7, 11) is -3.67. The number of hydrogen-bond donors (Lipinski definition) is 2. The molecule has 0 aliphatic heterocycles. The standard InChI is InChI=1S/C11H16N2O4S/c1-3-8-6-11(8,12-7-14)9(15)13-18(16,17)10(2)4-5-10/h3,7-8H,1,4-6H2,2H3,(H,12,14)(H,13,15). The van der Waals surface area contributed by atoms with E-state index < -0.39 is 26.2 Å². The van der Waals surface area contributed by atoms with E-state index in [1.807, 2.05) is 0 Å². The third kappa shape index (κ3) is 1.82. The van der Waals surface area contributed by atoms with Gasteiger partial charge in [-0.15, -0.1) is 6.58 Å². The monoisotopic (exact) mass is 272 g/mol. The summed E-state index contributed by atoms with van der Waals surface area (Å²) in [5.41, 5.74) is -1.14. The molecule has 18 heavy (non-hydrogen) atoms. The van der Waals surface area contributed by atoms with Crippen molar-refractivity contribution in [2.24, 2.45) is 5.92 Å². The van der Waals surface area contributed by atoms with E-state index in [0.717, 1.165) is 0 Å². The fourth-order valence-corrected chi connectivity index (χ4v) is 3.26. The van der Waals surface area contributed by atoms with Gasteiger partial charge in [0.25, 0.3) is 5.91 Å². The van der Waals surface area contributed by atoms with Crippen molar-refractivity contribution in [3.8, 4) is 0 Å². The van der Waals surface area contributed by atoms with E-state index >= 15 is 0 Å². The first-order valence-electron chi connectivity index (χ1n) is 5.72. The topological polar surface area (TPSA) is 92.3 Å². The van der Waals surface area contributed by atoms with Crippen LogP contribution >= 0.6 is 0 Å². The first-order chi connectivity index (χ1) is 8.31. The molecule has 0 spiro atoms. The minimum atomic E-state index is -3.67. The number of sulfonamides is 1. The molecule has 100 valence electrons. The molecule has 2 amide bonds. The van der Waals surface area contributed by atoms with Crippen LogP contribution < -0.4 is 10.0 Å². The van der Waals surface area contributed by atoms with Crippen molar-refractivity contribution >= 4 is 22.3 Å². The molecule has 2 N–H and O–H groups in total. The largest absolute Gasteiger partial charge is 0.344 e. The molecular weight excluding hydrogens is 256 g/mol. The SMILES string of the molecule is C=CC1CC1(NC=O)C(=O)NS(=O)(=O)C1(C)CC1. The van der Waals surface area contributed by atoms with Gasteiger partial charge in [-0.3, -0.25) is 14.3 Å². The van der Waals surface area contributed by atoms with Gasteiger partial charge in [-0.05, 0) is 26.2 Å². The summed E-state index contributed by atoms with van der Waals surface area (Å²) in [6, 6.07) is 0. The average Bonchev–Trinajstić information content (AvgIpc) is 3.16. The Balaban J connectivity index is 2.13. The molecule has 6 nitrogen and oxygen atoms in total. The van der Waals surface area contributed by atoms with Gasteiger partial charge in [0.1, 0.15) is 5.54 Å². The Bertz CT molecular complexity index is 509. The van der Waals surface area contributed by atoms with Gasteiger partial charge in [0.05, 0.1) is 4.75 Å². The minimum Gasteiger partial charge on any atom is -0.344 e. The molecule has 0 aromatic carbocycles. The zero-order valence-electron chi connectivity index (χ0n) is 10.1. The summed E-state index contributed by atoms with van der Waals surface area (Å²) in [5, 5.41) is 2.40. The second-order valence-electron chi connectivity index (χ2n) is 5.16. The molecule has 2 fully saturated rings. The molecule has 0 saturated heterocycles. The van der Waals surface area contributed by atoms with Crippen LogP contribution in [0.1, 0.15) is 26.2 Å². The molecular formula is C11H16N2O4S. The lowest BCUT2D eigenvalue weighted by atomic mass is 10.2. The fraction of sp³-hybridized carbons (Fsp3) is 0.636. The Labute approximate surface area is 106 Å². The highest BCUT2D eigenvalue weighted by Gasteiger charge is 2.61. The number of rotatable bonds is 6. The van der Waals surface area contributed by atoms with E-state index in [-0.39, 0.29) is 5.92 Å². The molecule has 0 radical (unpaired) electrons. The van der Waals surface area contributed by atoms with E-state index in [1.165, 1.54) is 0 Å². The van der Waals surface area contributed by atoms with E-state index in [0.29, 0.717) is 25.7 Å². The van der Waals surface area contributed by atoms with Crippen LogP contribution in [0, 0.1) is 5.92 Å². The van der Waals surface area contributed by atoms with Gasteiger partial charge in [0.15, 0.2) is 0 Å². The van der Waals surface area contributed by atoms with Crippen LogP contribution in [0.5, 0.6) is 0 Å². The highest BCUT2D eigenvalue weighted by Crippen LogP contribution is 2.46. The Kier molecular flexibility index (Phi) is 2.77. The Morgan fingerprint density at radius 1 is 1.44 bits per heavy atom. The van der Waals surface area contributed by atoms with Crippen LogP contribution in [-0.4, -0.2) is 31.0 Å². The van der Waals surface area contributed by atoms with Crippen molar-refractivity contribution in [1.82, 2.24) is 10.0 Å². The van der Waals surface area contributed by atoms with Gasteiger partial charge in [0.2, 0.25) is 16.4 Å². The lowest BCUT2D eigenvalue weighted by Gasteiger charge is -2.18. The van der Waals surface area contributed by atoms with E-state index in [1.54, 1.807) is 13.0 Å². The third-order valence-corrected chi connectivity index (χ3v) is 6.01. The normalized spacial score (nSPS) is 32.2. The maximum absolute atomic E-state index is 12.0. The molecule has 2 aliphatic rings. The molecule has 0 aromatic rings. The maximum Gasteiger partial charge on any atom is 0.259 e. The zero-order chi connectivity index (χ0) is 13.6. The highest BCUT2D eigenvalue weighted by atomic mass is 32.2. The van der Waals surface area contributed by atoms with Gasteiger partial charge in [-0.25, -0.2) is 8.42 Å². The molecule has 0 bridgehead atoms. The zero-order valence-corrected chi connectivity index (χ0v) is 10.9. The van der Waals surface area contributed by atoms with Crippen molar-refractivity contribution in [3.05, 3.63) is 12.7 Å². The molecule has 2 atom stereocenters. The fourth-order valence-electron chi connectivity index (χ4n) is 1.95.